The summed E-state index contributed by atoms with van der Waals surface area (Å²) in [4.78, 5) is 14.4. The van der Waals surface area contributed by atoms with Crippen molar-refractivity contribution in [1.29, 1.82) is 0 Å². The van der Waals surface area contributed by atoms with Gasteiger partial charge in [-0.2, -0.15) is 0 Å². The van der Waals surface area contributed by atoms with Crippen LogP contribution in [0, 0.1) is 17.8 Å². The minimum Gasteiger partial charge on any atom is -0.369 e. The van der Waals surface area contributed by atoms with Crippen LogP contribution in [-0.2, 0) is 39.2 Å². The minimum absolute atomic E-state index is 0.0393. The third-order valence-corrected chi connectivity index (χ3v) is 12.0. The molecular weight excluding hydrogens is 585 g/mol. The molecule has 48 heavy (non-hydrogen) atoms. The number of Topliss-reactive ketones (excluding diaryl/α,β-unsaturated/α-hetero) is 1. The molecule has 2 nitrogen and oxygen atoms in total. The van der Waals surface area contributed by atoms with E-state index in [1.54, 1.807) is 0 Å². The Balaban J connectivity index is 1.41. The summed E-state index contributed by atoms with van der Waals surface area (Å²) in [5.41, 5.74) is 10.7. The van der Waals surface area contributed by atoms with Crippen molar-refractivity contribution in [3.63, 3.8) is 0 Å². The van der Waals surface area contributed by atoms with Crippen LogP contribution in [0.5, 0.6) is 0 Å². The summed E-state index contributed by atoms with van der Waals surface area (Å²) in [5, 5.41) is 0. The van der Waals surface area contributed by atoms with Crippen LogP contribution in [0.2, 0.25) is 0 Å². The number of hydrogen-bond acceptors (Lipinski definition) is 2. The highest BCUT2D eigenvalue weighted by Crippen LogP contribution is 2.52. The van der Waals surface area contributed by atoms with Crippen molar-refractivity contribution >= 4 is 5.78 Å². The second-order valence-corrected chi connectivity index (χ2v) is 19.2. The fourth-order valence-corrected chi connectivity index (χ4v) is 8.50. The van der Waals surface area contributed by atoms with E-state index in [9.17, 15) is 4.79 Å². The minimum atomic E-state index is -0.427. The van der Waals surface area contributed by atoms with Crippen LogP contribution in [0.25, 0.3) is 0 Å². The van der Waals surface area contributed by atoms with Crippen LogP contribution in [0.15, 0.2) is 60.7 Å². The Bertz CT molecular complexity index is 1590. The average Bonchev–Trinajstić information content (AvgIpc) is 3.23. The Labute approximate surface area is 293 Å². The van der Waals surface area contributed by atoms with Gasteiger partial charge in [0.1, 0.15) is 6.10 Å². The number of carbonyl (C=O) groups is 1. The zero-order valence-electron chi connectivity index (χ0n) is 32.5. The predicted octanol–water partition coefficient (Wildman–Crippen LogP) is 11.7. The first-order valence-electron chi connectivity index (χ1n) is 18.7. The lowest BCUT2D eigenvalue weighted by molar-refractivity contribution is 0.0200. The molecule has 0 bridgehead atoms. The van der Waals surface area contributed by atoms with Gasteiger partial charge in [0.05, 0.1) is 6.61 Å². The number of rotatable bonds is 9. The van der Waals surface area contributed by atoms with Gasteiger partial charge in [-0.3, -0.25) is 4.79 Å². The summed E-state index contributed by atoms with van der Waals surface area (Å²) >= 11 is 0. The number of ketones is 1. The smallest absolute Gasteiger partial charge is 0.192 e. The van der Waals surface area contributed by atoms with Crippen molar-refractivity contribution in [2.75, 3.05) is 6.61 Å². The van der Waals surface area contributed by atoms with Crippen LogP contribution in [0.1, 0.15) is 158 Å². The van der Waals surface area contributed by atoms with Gasteiger partial charge < -0.3 is 4.74 Å². The second kappa shape index (κ2) is 13.2. The van der Waals surface area contributed by atoms with Crippen LogP contribution < -0.4 is 0 Å². The van der Waals surface area contributed by atoms with Crippen molar-refractivity contribution in [3.05, 3.63) is 105 Å². The average molecular weight is 649 g/mol. The van der Waals surface area contributed by atoms with Gasteiger partial charge in [0.2, 0.25) is 0 Å². The Morgan fingerprint density at radius 1 is 0.750 bits per heavy atom. The van der Waals surface area contributed by atoms with E-state index in [0.717, 1.165) is 31.2 Å². The molecule has 2 aliphatic rings. The monoisotopic (exact) mass is 648 g/mol. The number of carbonyl (C=O) groups excluding carboxylic acids is 1. The maximum Gasteiger partial charge on any atom is 0.192 e. The molecule has 0 saturated carbocycles. The quantitative estimate of drug-likeness (QED) is 0.231. The lowest BCUT2D eigenvalue weighted by Gasteiger charge is -2.47. The van der Waals surface area contributed by atoms with Crippen LogP contribution in [-0.4, -0.2) is 18.5 Å². The summed E-state index contributed by atoms with van der Waals surface area (Å²) < 4.78 is 6.76. The zero-order chi connectivity index (χ0) is 35.4. The molecule has 2 aliphatic carbocycles. The highest BCUT2D eigenvalue weighted by atomic mass is 16.5. The molecule has 2 heteroatoms. The standard InChI is InChI=1S/C46H64O2/c1-29(22-32-14-18-34(19-15-32)43(4,5)6)24-38-36-25-40-39(45(10,11)27-31(3)46(40,12)13)26-37(36)41(47)42(38)48-28-30(2)23-33-16-20-35(21-17-33)44(7,8)9/h14-21,25-26,29-31,38,42H,22-24,27-28H2,1-13H3. The van der Waals surface area contributed by atoms with E-state index in [-0.39, 0.29) is 33.4 Å². The first-order valence-corrected chi connectivity index (χ1v) is 18.7. The second-order valence-electron chi connectivity index (χ2n) is 19.2. The Morgan fingerprint density at radius 3 is 1.75 bits per heavy atom. The molecule has 5 atom stereocenters. The van der Waals surface area contributed by atoms with Gasteiger partial charge in [0, 0.05) is 11.5 Å². The first kappa shape index (κ1) is 36.6. The Morgan fingerprint density at radius 2 is 1.25 bits per heavy atom. The topological polar surface area (TPSA) is 26.3 Å². The van der Waals surface area contributed by atoms with E-state index in [2.05, 4.69) is 151 Å². The van der Waals surface area contributed by atoms with E-state index < -0.39 is 6.10 Å². The van der Waals surface area contributed by atoms with Crippen LogP contribution >= 0.6 is 0 Å². The van der Waals surface area contributed by atoms with Crippen molar-refractivity contribution in [3.8, 4) is 0 Å². The molecule has 0 fully saturated rings. The van der Waals surface area contributed by atoms with Crippen LogP contribution in [0.4, 0.5) is 0 Å². The van der Waals surface area contributed by atoms with E-state index in [1.165, 1.54) is 38.9 Å². The number of ether oxygens (including phenoxy) is 1. The fraction of sp³-hybridized carbons (Fsp3) is 0.587. The molecule has 0 radical (unpaired) electrons. The number of hydrogen-bond donors (Lipinski definition) is 0. The Hall–Kier alpha value is -2.71. The molecule has 0 saturated heterocycles. The molecular formula is C46H64O2. The van der Waals surface area contributed by atoms with Gasteiger partial charge in [-0.25, -0.2) is 0 Å². The Kier molecular flexibility index (Phi) is 10.1. The molecule has 0 aromatic heterocycles. The summed E-state index contributed by atoms with van der Waals surface area (Å²) in [5.74, 6) is 1.55. The molecule has 0 heterocycles. The molecule has 0 spiro atoms. The molecule has 3 aromatic rings. The van der Waals surface area contributed by atoms with E-state index in [1.807, 2.05) is 0 Å². The van der Waals surface area contributed by atoms with Gasteiger partial charge in [0.25, 0.3) is 0 Å². The number of fused-ring (bicyclic) bond motifs is 2. The molecule has 0 N–H and O–H groups in total. The lowest BCUT2D eigenvalue weighted by atomic mass is 9.58. The summed E-state index contributed by atoms with van der Waals surface area (Å²) in [6.45, 7) is 30.7. The SMILES string of the molecule is CC(COC1C(=O)c2cc3c(cc2C1CC(C)Cc1ccc(C(C)(C)C)cc1)C(C)(C)C(C)CC3(C)C)Cc1ccc(C(C)(C)C)cc1. The normalized spacial score (nSPS) is 23.0. The third kappa shape index (κ3) is 7.55. The van der Waals surface area contributed by atoms with E-state index in [0.29, 0.717) is 24.4 Å². The van der Waals surface area contributed by atoms with Gasteiger partial charge >= 0.3 is 0 Å². The molecule has 260 valence electrons. The van der Waals surface area contributed by atoms with Gasteiger partial charge in [-0.05, 0) is 110 Å². The fourth-order valence-electron chi connectivity index (χ4n) is 8.50. The lowest BCUT2D eigenvalue weighted by Crippen LogP contribution is -2.40. The van der Waals surface area contributed by atoms with E-state index >= 15 is 0 Å². The largest absolute Gasteiger partial charge is 0.369 e. The third-order valence-electron chi connectivity index (χ3n) is 12.0. The highest BCUT2D eigenvalue weighted by Gasteiger charge is 2.47. The van der Waals surface area contributed by atoms with Crippen LogP contribution in [0.3, 0.4) is 0 Å². The predicted molar refractivity (Wildman–Crippen MR) is 204 cm³/mol. The maximum absolute atomic E-state index is 14.4. The van der Waals surface area contributed by atoms with Crippen molar-refractivity contribution < 1.29 is 9.53 Å². The van der Waals surface area contributed by atoms with Crippen molar-refractivity contribution in [2.45, 2.75) is 149 Å². The molecule has 3 aromatic carbocycles. The first-order chi connectivity index (χ1) is 22.2. The van der Waals surface area contributed by atoms with Gasteiger partial charge in [-0.1, -0.05) is 145 Å². The van der Waals surface area contributed by atoms with Crippen molar-refractivity contribution in [2.24, 2.45) is 17.8 Å². The summed E-state index contributed by atoms with van der Waals surface area (Å²) in [7, 11) is 0. The van der Waals surface area contributed by atoms with Gasteiger partial charge in [-0.15, -0.1) is 0 Å². The zero-order valence-corrected chi connectivity index (χ0v) is 32.5. The van der Waals surface area contributed by atoms with E-state index in [4.69, 9.17) is 4.74 Å². The molecule has 0 amide bonds. The summed E-state index contributed by atoms with van der Waals surface area (Å²) in [6, 6.07) is 23.0. The summed E-state index contributed by atoms with van der Waals surface area (Å²) in [6.07, 6.45) is 3.58. The molecule has 0 aliphatic heterocycles. The number of benzene rings is 3. The molecule has 5 rings (SSSR count). The highest BCUT2D eigenvalue weighted by molar-refractivity contribution is 6.05. The molecule has 5 unspecified atom stereocenters. The van der Waals surface area contributed by atoms with Gasteiger partial charge in [0.15, 0.2) is 5.78 Å². The van der Waals surface area contributed by atoms with Crippen molar-refractivity contribution in [1.82, 2.24) is 0 Å². The maximum atomic E-state index is 14.4.